The molecular weight excluding hydrogens is 524 g/mol. The molecule has 0 unspecified atom stereocenters. The molecule has 5 rings (SSSR count). The van der Waals surface area contributed by atoms with Crippen LogP contribution in [0.1, 0.15) is 16.7 Å². The standard InChI is InChI=1S/C28H23BrN2O3S/c1-17-10-18(2)12-22(11-17)31(28-30-25(16-35-28)19-4-6-21(29)7-5-19)27(32)13-20-15-34-26-14-23(33-3)8-9-24(20)26/h4-12,14-16H,13H2,1-3H3. The quantitative estimate of drug-likeness (QED) is 0.217. The molecule has 0 N–H and O–H groups in total. The Kier molecular flexibility index (Phi) is 6.45. The molecule has 0 aliphatic rings. The number of carbonyl (C=O) groups is 1. The van der Waals surface area contributed by atoms with Crippen molar-refractivity contribution in [3.63, 3.8) is 0 Å². The van der Waals surface area contributed by atoms with Gasteiger partial charge in [0.15, 0.2) is 5.13 Å². The minimum atomic E-state index is -0.0785. The molecule has 35 heavy (non-hydrogen) atoms. The van der Waals surface area contributed by atoms with E-state index in [1.807, 2.05) is 73.8 Å². The number of furan rings is 1. The summed E-state index contributed by atoms with van der Waals surface area (Å²) in [6.45, 7) is 4.07. The molecule has 0 aliphatic heterocycles. The number of ether oxygens (including phenoxy) is 1. The monoisotopic (exact) mass is 546 g/mol. The average molecular weight is 547 g/mol. The number of aromatic nitrogens is 1. The van der Waals surface area contributed by atoms with Crippen molar-refractivity contribution in [3.8, 4) is 17.0 Å². The van der Waals surface area contributed by atoms with Crippen LogP contribution in [-0.4, -0.2) is 18.0 Å². The highest BCUT2D eigenvalue weighted by molar-refractivity contribution is 9.10. The molecule has 3 aromatic carbocycles. The van der Waals surface area contributed by atoms with Crippen LogP contribution in [0, 0.1) is 13.8 Å². The highest BCUT2D eigenvalue weighted by Gasteiger charge is 2.24. The first-order chi connectivity index (χ1) is 16.9. The van der Waals surface area contributed by atoms with Crippen molar-refractivity contribution in [2.24, 2.45) is 0 Å². The van der Waals surface area contributed by atoms with E-state index in [-0.39, 0.29) is 12.3 Å². The lowest BCUT2D eigenvalue weighted by Crippen LogP contribution is -2.27. The van der Waals surface area contributed by atoms with Gasteiger partial charge < -0.3 is 9.15 Å². The Labute approximate surface area is 216 Å². The lowest BCUT2D eigenvalue weighted by molar-refractivity contribution is -0.117. The zero-order chi connectivity index (χ0) is 24.5. The van der Waals surface area contributed by atoms with Crippen LogP contribution in [-0.2, 0) is 11.2 Å². The number of thiazole rings is 1. The molecule has 5 nitrogen and oxygen atoms in total. The number of halogens is 1. The molecule has 0 saturated carbocycles. The fourth-order valence-electron chi connectivity index (χ4n) is 4.13. The minimum Gasteiger partial charge on any atom is -0.497 e. The van der Waals surface area contributed by atoms with Crippen LogP contribution in [0.2, 0.25) is 0 Å². The highest BCUT2D eigenvalue weighted by Crippen LogP contribution is 2.35. The van der Waals surface area contributed by atoms with E-state index in [9.17, 15) is 4.79 Å². The lowest BCUT2D eigenvalue weighted by Gasteiger charge is -2.21. The van der Waals surface area contributed by atoms with E-state index in [1.54, 1.807) is 18.3 Å². The molecule has 0 spiro atoms. The first kappa shape index (κ1) is 23.3. The number of methoxy groups -OCH3 is 1. The summed E-state index contributed by atoms with van der Waals surface area (Å²) in [5.41, 5.74) is 6.33. The van der Waals surface area contributed by atoms with Gasteiger partial charge in [0.1, 0.15) is 11.3 Å². The van der Waals surface area contributed by atoms with E-state index in [4.69, 9.17) is 14.1 Å². The predicted molar refractivity (Wildman–Crippen MR) is 145 cm³/mol. The molecule has 0 radical (unpaired) electrons. The van der Waals surface area contributed by atoms with Gasteiger partial charge >= 0.3 is 0 Å². The van der Waals surface area contributed by atoms with E-state index in [1.165, 1.54) is 11.3 Å². The molecule has 0 atom stereocenters. The topological polar surface area (TPSA) is 55.6 Å². The second kappa shape index (κ2) is 9.68. The second-order valence-corrected chi connectivity index (χ2v) is 10.1. The third kappa shape index (κ3) is 4.88. The van der Waals surface area contributed by atoms with Gasteiger partial charge in [0, 0.05) is 32.4 Å². The Hall–Kier alpha value is -3.42. The number of benzene rings is 3. The van der Waals surface area contributed by atoms with E-state index >= 15 is 0 Å². The van der Waals surface area contributed by atoms with Crippen molar-refractivity contribution in [1.29, 1.82) is 0 Å². The number of anilines is 2. The summed E-state index contributed by atoms with van der Waals surface area (Å²) in [5.74, 6) is 0.634. The molecule has 7 heteroatoms. The lowest BCUT2D eigenvalue weighted by atomic mass is 10.1. The van der Waals surface area contributed by atoms with Gasteiger partial charge in [-0.1, -0.05) is 34.1 Å². The number of amides is 1. The van der Waals surface area contributed by atoms with Crippen LogP contribution in [0.15, 0.2) is 81.2 Å². The third-order valence-corrected chi connectivity index (χ3v) is 7.10. The Balaban J connectivity index is 1.53. The number of hydrogen-bond donors (Lipinski definition) is 0. The second-order valence-electron chi connectivity index (χ2n) is 8.40. The molecule has 0 fully saturated rings. The van der Waals surface area contributed by atoms with E-state index in [2.05, 4.69) is 22.0 Å². The third-order valence-electron chi connectivity index (χ3n) is 5.74. The van der Waals surface area contributed by atoms with Crippen LogP contribution < -0.4 is 9.64 Å². The molecule has 2 heterocycles. The number of nitrogens with zero attached hydrogens (tertiary/aromatic N) is 2. The minimum absolute atomic E-state index is 0.0785. The van der Waals surface area contributed by atoms with Crippen molar-refractivity contribution >= 4 is 55.0 Å². The van der Waals surface area contributed by atoms with Gasteiger partial charge in [-0.15, -0.1) is 11.3 Å². The maximum Gasteiger partial charge on any atom is 0.237 e. The number of carbonyl (C=O) groups excluding carboxylic acids is 1. The zero-order valence-electron chi connectivity index (χ0n) is 19.5. The summed E-state index contributed by atoms with van der Waals surface area (Å²) in [5, 5.41) is 3.52. The smallest absolute Gasteiger partial charge is 0.237 e. The molecular formula is C28H23BrN2O3S. The number of fused-ring (bicyclic) bond motifs is 1. The number of aryl methyl sites for hydroxylation is 2. The summed E-state index contributed by atoms with van der Waals surface area (Å²) in [7, 11) is 1.62. The molecule has 0 saturated heterocycles. The van der Waals surface area contributed by atoms with Gasteiger partial charge in [-0.05, 0) is 61.4 Å². The van der Waals surface area contributed by atoms with Gasteiger partial charge in [-0.2, -0.15) is 0 Å². The molecule has 0 aliphatic carbocycles. The van der Waals surface area contributed by atoms with E-state index < -0.39 is 0 Å². The van der Waals surface area contributed by atoms with Gasteiger partial charge in [0.25, 0.3) is 0 Å². The Morgan fingerprint density at radius 1 is 1.06 bits per heavy atom. The van der Waals surface area contributed by atoms with Gasteiger partial charge in [-0.25, -0.2) is 4.98 Å². The maximum absolute atomic E-state index is 13.8. The van der Waals surface area contributed by atoms with Crippen molar-refractivity contribution in [2.75, 3.05) is 12.0 Å². The average Bonchev–Trinajstić information content (AvgIpc) is 3.46. The largest absolute Gasteiger partial charge is 0.497 e. The van der Waals surface area contributed by atoms with E-state index in [0.717, 1.165) is 43.5 Å². The molecule has 176 valence electrons. The summed E-state index contributed by atoms with van der Waals surface area (Å²) in [4.78, 5) is 20.4. The van der Waals surface area contributed by atoms with Gasteiger partial charge in [-0.3, -0.25) is 9.69 Å². The van der Waals surface area contributed by atoms with Gasteiger partial charge in [0.05, 0.1) is 31.2 Å². The number of hydrogen-bond acceptors (Lipinski definition) is 5. The normalized spacial score (nSPS) is 11.1. The van der Waals surface area contributed by atoms with E-state index in [0.29, 0.717) is 16.5 Å². The molecule has 2 aromatic heterocycles. The van der Waals surface area contributed by atoms with Crippen LogP contribution >= 0.6 is 27.3 Å². The van der Waals surface area contributed by atoms with Crippen LogP contribution in [0.4, 0.5) is 10.8 Å². The fraction of sp³-hybridized carbons (Fsp3) is 0.143. The first-order valence-electron chi connectivity index (χ1n) is 11.1. The summed E-state index contributed by atoms with van der Waals surface area (Å²) >= 11 is 4.93. The summed E-state index contributed by atoms with van der Waals surface area (Å²) in [6, 6.07) is 19.8. The Bertz CT molecular complexity index is 1500. The van der Waals surface area contributed by atoms with Crippen LogP contribution in [0.3, 0.4) is 0 Å². The molecule has 5 aromatic rings. The van der Waals surface area contributed by atoms with Crippen molar-refractivity contribution in [3.05, 3.63) is 93.5 Å². The maximum atomic E-state index is 13.8. The zero-order valence-corrected chi connectivity index (χ0v) is 21.9. The molecule has 0 bridgehead atoms. The number of rotatable bonds is 6. The molecule has 1 amide bonds. The summed E-state index contributed by atoms with van der Waals surface area (Å²) in [6.07, 6.45) is 1.83. The van der Waals surface area contributed by atoms with Crippen LogP contribution in [0.5, 0.6) is 5.75 Å². The Morgan fingerprint density at radius 2 is 1.80 bits per heavy atom. The predicted octanol–water partition coefficient (Wildman–Crippen LogP) is 7.85. The Morgan fingerprint density at radius 3 is 2.51 bits per heavy atom. The first-order valence-corrected chi connectivity index (χ1v) is 12.8. The van der Waals surface area contributed by atoms with Crippen molar-refractivity contribution in [1.82, 2.24) is 4.98 Å². The fourth-order valence-corrected chi connectivity index (χ4v) is 5.26. The highest BCUT2D eigenvalue weighted by atomic mass is 79.9. The van der Waals surface area contributed by atoms with Crippen molar-refractivity contribution in [2.45, 2.75) is 20.3 Å². The van der Waals surface area contributed by atoms with Gasteiger partial charge in [0.2, 0.25) is 5.91 Å². The SMILES string of the molecule is COc1ccc2c(CC(=O)N(c3cc(C)cc(C)c3)c3nc(-c4ccc(Br)cc4)cs3)coc2c1. The summed E-state index contributed by atoms with van der Waals surface area (Å²) < 4.78 is 12.0. The van der Waals surface area contributed by atoms with Crippen LogP contribution in [0.25, 0.3) is 22.2 Å². The van der Waals surface area contributed by atoms with Crippen molar-refractivity contribution < 1.29 is 13.9 Å².